The van der Waals surface area contributed by atoms with E-state index in [4.69, 9.17) is 4.74 Å². The standard InChI is InChI=1S/C18H22N2O3S/c1-13-7-8-17(11-14(13)2)24(21,22)20-10-9-16(12-20)23-18-6-4-5-15(3)19-18/h4-8,11,16H,9-10,12H2,1-3H3. The van der Waals surface area contributed by atoms with Crippen molar-refractivity contribution >= 4 is 10.0 Å². The summed E-state index contributed by atoms with van der Waals surface area (Å²) in [6.45, 7) is 6.61. The average Bonchev–Trinajstić information content (AvgIpc) is 2.99. The van der Waals surface area contributed by atoms with Crippen molar-refractivity contribution in [3.63, 3.8) is 0 Å². The van der Waals surface area contributed by atoms with Crippen molar-refractivity contribution < 1.29 is 13.2 Å². The first kappa shape index (κ1) is 16.9. The number of aromatic nitrogens is 1. The summed E-state index contributed by atoms with van der Waals surface area (Å²) in [6, 6.07) is 10.8. The zero-order valence-electron chi connectivity index (χ0n) is 14.2. The summed E-state index contributed by atoms with van der Waals surface area (Å²) >= 11 is 0. The smallest absolute Gasteiger partial charge is 0.243 e. The highest BCUT2D eigenvalue weighted by Gasteiger charge is 2.33. The van der Waals surface area contributed by atoms with E-state index >= 15 is 0 Å². The molecule has 24 heavy (non-hydrogen) atoms. The summed E-state index contributed by atoms with van der Waals surface area (Å²) in [5.41, 5.74) is 2.94. The second kappa shape index (κ2) is 6.53. The van der Waals surface area contributed by atoms with Gasteiger partial charge in [0, 0.05) is 18.3 Å². The Kier molecular flexibility index (Phi) is 4.60. The van der Waals surface area contributed by atoms with Gasteiger partial charge in [-0.1, -0.05) is 12.1 Å². The van der Waals surface area contributed by atoms with Crippen LogP contribution in [0.15, 0.2) is 41.3 Å². The molecule has 3 rings (SSSR count). The van der Waals surface area contributed by atoms with Crippen molar-refractivity contribution in [1.29, 1.82) is 0 Å². The predicted octanol–water partition coefficient (Wildman–Crippen LogP) is 2.85. The SMILES string of the molecule is Cc1cccc(OC2CCN(S(=O)(=O)c3ccc(C)c(C)c3)C2)n1. The fraction of sp³-hybridized carbons (Fsp3) is 0.389. The summed E-state index contributed by atoms with van der Waals surface area (Å²) in [6.07, 6.45) is 0.500. The molecule has 0 spiro atoms. The molecule has 128 valence electrons. The van der Waals surface area contributed by atoms with Crippen LogP contribution < -0.4 is 4.74 Å². The van der Waals surface area contributed by atoms with Crippen molar-refractivity contribution in [2.45, 2.75) is 38.2 Å². The van der Waals surface area contributed by atoms with Crippen LogP contribution in [0, 0.1) is 20.8 Å². The summed E-state index contributed by atoms with van der Waals surface area (Å²) in [5, 5.41) is 0. The van der Waals surface area contributed by atoms with Gasteiger partial charge in [0.1, 0.15) is 6.10 Å². The van der Waals surface area contributed by atoms with Crippen molar-refractivity contribution in [2.75, 3.05) is 13.1 Å². The number of ether oxygens (including phenoxy) is 1. The van der Waals surface area contributed by atoms with Gasteiger partial charge in [-0.2, -0.15) is 4.31 Å². The Balaban J connectivity index is 1.73. The number of hydrogen-bond donors (Lipinski definition) is 0. The van der Waals surface area contributed by atoms with E-state index in [-0.39, 0.29) is 6.10 Å². The van der Waals surface area contributed by atoms with Gasteiger partial charge in [0.05, 0.1) is 11.4 Å². The number of rotatable bonds is 4. The molecule has 6 heteroatoms. The van der Waals surface area contributed by atoms with Crippen LogP contribution in [0.1, 0.15) is 23.2 Å². The zero-order chi connectivity index (χ0) is 17.3. The number of benzene rings is 1. The molecule has 1 unspecified atom stereocenters. The van der Waals surface area contributed by atoms with Gasteiger partial charge in [0.25, 0.3) is 0 Å². The topological polar surface area (TPSA) is 59.5 Å². The van der Waals surface area contributed by atoms with E-state index in [9.17, 15) is 8.42 Å². The number of sulfonamides is 1. The molecule has 2 heterocycles. The number of hydrogen-bond acceptors (Lipinski definition) is 4. The van der Waals surface area contributed by atoms with E-state index in [1.54, 1.807) is 18.2 Å². The molecule has 0 radical (unpaired) electrons. The fourth-order valence-electron chi connectivity index (χ4n) is 2.79. The van der Waals surface area contributed by atoms with Gasteiger partial charge in [-0.25, -0.2) is 13.4 Å². The first-order valence-electron chi connectivity index (χ1n) is 8.04. The largest absolute Gasteiger partial charge is 0.473 e. The molecule has 1 atom stereocenters. The lowest BCUT2D eigenvalue weighted by atomic mass is 10.1. The quantitative estimate of drug-likeness (QED) is 0.854. The highest BCUT2D eigenvalue weighted by molar-refractivity contribution is 7.89. The Bertz CT molecular complexity index is 849. The number of pyridine rings is 1. The minimum absolute atomic E-state index is 0.166. The van der Waals surface area contributed by atoms with E-state index in [2.05, 4.69) is 4.98 Å². The summed E-state index contributed by atoms with van der Waals surface area (Å²) < 4.78 is 33.0. The normalized spacial score (nSPS) is 18.7. The van der Waals surface area contributed by atoms with Crippen LogP contribution in [0.3, 0.4) is 0 Å². The predicted molar refractivity (Wildman–Crippen MR) is 92.7 cm³/mol. The number of aryl methyl sites for hydroxylation is 3. The molecule has 1 aliphatic rings. The molecule has 2 aromatic rings. The summed E-state index contributed by atoms with van der Waals surface area (Å²) in [5.74, 6) is 0.547. The maximum absolute atomic E-state index is 12.8. The molecule has 0 amide bonds. The van der Waals surface area contributed by atoms with Gasteiger partial charge in [-0.3, -0.25) is 0 Å². The Labute approximate surface area is 143 Å². The summed E-state index contributed by atoms with van der Waals surface area (Å²) in [4.78, 5) is 4.66. The molecule has 1 saturated heterocycles. The Hall–Kier alpha value is -1.92. The molecule has 5 nitrogen and oxygen atoms in total. The van der Waals surface area contributed by atoms with Gasteiger partial charge in [0.15, 0.2) is 0 Å². The highest BCUT2D eigenvalue weighted by Crippen LogP contribution is 2.25. The van der Waals surface area contributed by atoms with E-state index in [1.807, 2.05) is 39.0 Å². The molecule has 0 saturated carbocycles. The first-order chi connectivity index (χ1) is 11.4. The maximum Gasteiger partial charge on any atom is 0.243 e. The van der Waals surface area contributed by atoms with Crippen LogP contribution in [0.2, 0.25) is 0 Å². The maximum atomic E-state index is 12.8. The van der Waals surface area contributed by atoms with Crippen LogP contribution in [-0.4, -0.2) is 36.9 Å². The van der Waals surface area contributed by atoms with Gasteiger partial charge in [-0.15, -0.1) is 0 Å². The molecular formula is C18H22N2O3S. The van der Waals surface area contributed by atoms with Crippen molar-refractivity contribution in [3.05, 3.63) is 53.2 Å². The third-order valence-corrected chi connectivity index (χ3v) is 6.24. The molecule has 0 N–H and O–H groups in total. The lowest BCUT2D eigenvalue weighted by Gasteiger charge is -2.17. The second-order valence-electron chi connectivity index (χ2n) is 6.25. The van der Waals surface area contributed by atoms with Crippen LogP contribution in [0.25, 0.3) is 0 Å². The second-order valence-corrected chi connectivity index (χ2v) is 8.19. The minimum Gasteiger partial charge on any atom is -0.473 e. The molecule has 1 aromatic carbocycles. The molecule has 0 bridgehead atoms. The van der Waals surface area contributed by atoms with Crippen molar-refractivity contribution in [3.8, 4) is 5.88 Å². The van der Waals surface area contributed by atoms with E-state index < -0.39 is 10.0 Å². The molecule has 1 fully saturated rings. The van der Waals surface area contributed by atoms with Gasteiger partial charge in [-0.05, 0) is 56.5 Å². The lowest BCUT2D eigenvalue weighted by molar-refractivity contribution is 0.206. The molecule has 1 aromatic heterocycles. The fourth-order valence-corrected chi connectivity index (χ4v) is 4.36. The van der Waals surface area contributed by atoms with E-state index in [1.165, 1.54) is 4.31 Å². The van der Waals surface area contributed by atoms with Crippen LogP contribution in [0.5, 0.6) is 5.88 Å². The van der Waals surface area contributed by atoms with E-state index in [0.717, 1.165) is 16.8 Å². The lowest BCUT2D eigenvalue weighted by Crippen LogP contribution is -2.31. The Morgan fingerprint density at radius 2 is 1.92 bits per heavy atom. The van der Waals surface area contributed by atoms with Crippen LogP contribution >= 0.6 is 0 Å². The summed E-state index contributed by atoms with van der Waals surface area (Å²) in [7, 11) is -3.48. The highest BCUT2D eigenvalue weighted by atomic mass is 32.2. The third kappa shape index (κ3) is 3.44. The average molecular weight is 346 g/mol. The zero-order valence-corrected chi connectivity index (χ0v) is 15.0. The van der Waals surface area contributed by atoms with Crippen molar-refractivity contribution in [2.24, 2.45) is 0 Å². The Morgan fingerprint density at radius 1 is 1.12 bits per heavy atom. The van der Waals surface area contributed by atoms with Gasteiger partial charge in [0.2, 0.25) is 15.9 Å². The van der Waals surface area contributed by atoms with Gasteiger partial charge < -0.3 is 4.74 Å². The number of nitrogens with zero attached hydrogens (tertiary/aromatic N) is 2. The monoisotopic (exact) mass is 346 g/mol. The minimum atomic E-state index is -3.48. The van der Waals surface area contributed by atoms with Gasteiger partial charge >= 0.3 is 0 Å². The van der Waals surface area contributed by atoms with E-state index in [0.29, 0.717) is 30.3 Å². The molecule has 0 aliphatic carbocycles. The van der Waals surface area contributed by atoms with Crippen LogP contribution in [-0.2, 0) is 10.0 Å². The van der Waals surface area contributed by atoms with Crippen molar-refractivity contribution in [1.82, 2.24) is 9.29 Å². The third-order valence-electron chi connectivity index (χ3n) is 4.37. The molecule has 1 aliphatic heterocycles. The molecular weight excluding hydrogens is 324 g/mol. The Morgan fingerprint density at radius 3 is 2.62 bits per heavy atom. The first-order valence-corrected chi connectivity index (χ1v) is 9.48. The van der Waals surface area contributed by atoms with Crippen LogP contribution in [0.4, 0.5) is 0 Å².